The second-order valence-corrected chi connectivity index (χ2v) is 15.4. The van der Waals surface area contributed by atoms with Gasteiger partial charge in [-0.05, 0) is 77.9 Å². The Bertz CT molecular complexity index is 1560. The number of alkyl carbamates (subject to hydrolysis) is 1. The monoisotopic (exact) mass is 609 g/mol. The summed E-state index contributed by atoms with van der Waals surface area (Å²) in [6, 6.07) is 20.7. The van der Waals surface area contributed by atoms with Crippen molar-refractivity contribution in [2.24, 2.45) is 0 Å². The number of ether oxygens (including phenoxy) is 1. The third-order valence-electron chi connectivity index (χ3n) is 9.49. The van der Waals surface area contributed by atoms with Gasteiger partial charge in [0.1, 0.15) is 12.4 Å². The van der Waals surface area contributed by atoms with E-state index < -0.39 is 24.4 Å². The first kappa shape index (κ1) is 32.8. The first-order valence-electron chi connectivity index (χ1n) is 15.9. The summed E-state index contributed by atoms with van der Waals surface area (Å²) in [6.45, 7) is 21.1. The van der Waals surface area contributed by atoms with Crippen LogP contribution in [0.5, 0.6) is 5.75 Å². The maximum absolute atomic E-state index is 13.2. The molecule has 5 rings (SSSR count). The lowest BCUT2D eigenvalue weighted by molar-refractivity contribution is 0.00578. The number of carbonyl (C=O) groups is 1. The molecule has 1 aliphatic heterocycles. The molecule has 1 heterocycles. The van der Waals surface area contributed by atoms with Gasteiger partial charge in [0.15, 0.2) is 0 Å². The third kappa shape index (κ3) is 6.57. The molecular weight excluding hydrogens is 561 g/mol. The minimum Gasteiger partial charge on any atom is -0.507 e. The average molecular weight is 610 g/mol. The standard InChI is InChI=1S/C38H48BNO5/c1-35(2,3)25-19-24(33(41)32(21-25)36(4,5)6)20-26(39-44-37(7,8)38(9,10)45-39)22-40-34(42)43-23-31-29-17-13-11-15-27(29)28-16-12-14-18-30(28)31/h11-21,31,41H,22-23H2,1-10H3,(H,40,42). The molecule has 1 fully saturated rings. The highest BCUT2D eigenvalue weighted by molar-refractivity contribution is 6.56. The molecule has 1 amide bonds. The van der Waals surface area contributed by atoms with Crippen LogP contribution in [0, 0.1) is 0 Å². The van der Waals surface area contributed by atoms with Gasteiger partial charge in [0.05, 0.1) is 11.2 Å². The number of phenolic OH excluding ortho intramolecular Hbond substituents is 1. The first-order chi connectivity index (χ1) is 20.9. The second-order valence-electron chi connectivity index (χ2n) is 15.4. The van der Waals surface area contributed by atoms with Crippen LogP contribution in [0.15, 0.2) is 66.1 Å². The summed E-state index contributed by atoms with van der Waals surface area (Å²) in [5.74, 6) is 0.180. The molecule has 3 aromatic carbocycles. The van der Waals surface area contributed by atoms with Gasteiger partial charge in [-0.1, -0.05) is 102 Å². The van der Waals surface area contributed by atoms with E-state index in [0.717, 1.165) is 22.3 Å². The molecule has 1 aliphatic carbocycles. The van der Waals surface area contributed by atoms with Gasteiger partial charge in [0, 0.05) is 23.6 Å². The molecule has 45 heavy (non-hydrogen) atoms. The molecule has 0 atom stereocenters. The molecule has 0 aromatic heterocycles. The number of nitrogens with one attached hydrogen (secondary N) is 1. The van der Waals surface area contributed by atoms with Gasteiger partial charge in [-0.3, -0.25) is 0 Å². The molecule has 0 spiro atoms. The number of hydrogen-bond donors (Lipinski definition) is 2. The van der Waals surface area contributed by atoms with E-state index in [9.17, 15) is 9.90 Å². The normalized spacial score (nSPS) is 17.6. The topological polar surface area (TPSA) is 77.0 Å². The van der Waals surface area contributed by atoms with Gasteiger partial charge in [-0.15, -0.1) is 0 Å². The number of benzene rings is 3. The SMILES string of the molecule is CC(C)(C)c1cc(C=C(CNC(=O)OCC2c3ccccc3-c3ccccc32)B2OC(C)(C)C(C)(C)O2)c(O)c(C(C)(C)C)c1. The predicted octanol–water partition coefficient (Wildman–Crippen LogP) is 8.54. The highest BCUT2D eigenvalue weighted by Crippen LogP contribution is 2.45. The number of hydrogen-bond acceptors (Lipinski definition) is 5. The van der Waals surface area contributed by atoms with E-state index in [1.807, 2.05) is 64.1 Å². The third-order valence-corrected chi connectivity index (χ3v) is 9.49. The summed E-state index contributed by atoms with van der Waals surface area (Å²) in [5, 5.41) is 14.5. The molecule has 238 valence electrons. The number of aromatic hydroxyl groups is 1. The summed E-state index contributed by atoms with van der Waals surface area (Å²) >= 11 is 0. The molecule has 1 saturated heterocycles. The number of rotatable bonds is 6. The Morgan fingerprint density at radius 1 is 0.889 bits per heavy atom. The van der Waals surface area contributed by atoms with Crippen molar-refractivity contribution in [3.05, 3.63) is 94.0 Å². The van der Waals surface area contributed by atoms with Crippen molar-refractivity contribution in [3.8, 4) is 16.9 Å². The zero-order valence-corrected chi connectivity index (χ0v) is 28.5. The Labute approximate surface area is 269 Å². The highest BCUT2D eigenvalue weighted by atomic mass is 16.7. The van der Waals surface area contributed by atoms with Gasteiger partial charge in [0.2, 0.25) is 0 Å². The molecule has 6 nitrogen and oxygen atoms in total. The Hall–Kier alpha value is -3.55. The zero-order valence-electron chi connectivity index (χ0n) is 28.5. The van der Waals surface area contributed by atoms with Crippen LogP contribution in [0.3, 0.4) is 0 Å². The van der Waals surface area contributed by atoms with E-state index in [2.05, 4.69) is 77.2 Å². The molecular formula is C38H48BNO5. The van der Waals surface area contributed by atoms with Crippen molar-refractivity contribution in [1.82, 2.24) is 5.32 Å². The van der Waals surface area contributed by atoms with E-state index in [1.165, 1.54) is 11.1 Å². The summed E-state index contributed by atoms with van der Waals surface area (Å²) in [6.07, 6.45) is 1.37. The minimum atomic E-state index is -0.723. The molecule has 2 N–H and O–H groups in total. The Morgan fingerprint density at radius 2 is 1.42 bits per heavy atom. The summed E-state index contributed by atoms with van der Waals surface area (Å²) in [5.41, 5.74) is 6.42. The van der Waals surface area contributed by atoms with E-state index in [4.69, 9.17) is 14.0 Å². The summed E-state index contributed by atoms with van der Waals surface area (Å²) < 4.78 is 18.7. The van der Waals surface area contributed by atoms with Gasteiger partial charge < -0.3 is 24.5 Å². The molecule has 0 bridgehead atoms. The summed E-state index contributed by atoms with van der Waals surface area (Å²) in [7, 11) is -0.723. The van der Waals surface area contributed by atoms with Crippen LogP contribution in [0.25, 0.3) is 17.2 Å². The number of fused-ring (bicyclic) bond motifs is 3. The van der Waals surface area contributed by atoms with Gasteiger partial charge in [-0.2, -0.15) is 0 Å². The van der Waals surface area contributed by atoms with Crippen molar-refractivity contribution < 1.29 is 23.9 Å². The second kappa shape index (κ2) is 11.7. The fourth-order valence-corrected chi connectivity index (χ4v) is 5.99. The Morgan fingerprint density at radius 3 is 1.93 bits per heavy atom. The fraction of sp³-hybridized carbons (Fsp3) is 0.447. The van der Waals surface area contributed by atoms with Crippen molar-refractivity contribution in [1.29, 1.82) is 0 Å². The lowest BCUT2D eigenvalue weighted by atomic mass is 9.75. The number of amides is 1. The van der Waals surface area contributed by atoms with Crippen LogP contribution in [0.1, 0.15) is 103 Å². The summed E-state index contributed by atoms with van der Waals surface area (Å²) in [4.78, 5) is 13.2. The molecule has 2 aliphatic rings. The maximum Gasteiger partial charge on any atom is 0.492 e. The van der Waals surface area contributed by atoms with Crippen LogP contribution in [0.4, 0.5) is 4.79 Å². The van der Waals surface area contributed by atoms with Crippen LogP contribution in [-0.2, 0) is 24.9 Å². The quantitative estimate of drug-likeness (QED) is 0.274. The van der Waals surface area contributed by atoms with Gasteiger partial charge in [0.25, 0.3) is 0 Å². The fourth-order valence-electron chi connectivity index (χ4n) is 5.99. The number of carbonyl (C=O) groups excluding carboxylic acids is 1. The van der Waals surface area contributed by atoms with E-state index in [-0.39, 0.29) is 35.6 Å². The van der Waals surface area contributed by atoms with Crippen molar-refractivity contribution >= 4 is 19.3 Å². The molecule has 0 unspecified atom stereocenters. The van der Waals surface area contributed by atoms with E-state index >= 15 is 0 Å². The van der Waals surface area contributed by atoms with Crippen molar-refractivity contribution in [2.75, 3.05) is 13.2 Å². The Kier molecular flexibility index (Phi) is 8.52. The van der Waals surface area contributed by atoms with Gasteiger partial charge in [-0.25, -0.2) is 4.79 Å². The smallest absolute Gasteiger partial charge is 0.492 e. The lowest BCUT2D eigenvalue weighted by Crippen LogP contribution is -2.41. The van der Waals surface area contributed by atoms with E-state index in [0.29, 0.717) is 11.0 Å². The van der Waals surface area contributed by atoms with Crippen LogP contribution >= 0.6 is 0 Å². The predicted molar refractivity (Wildman–Crippen MR) is 183 cm³/mol. The molecule has 3 aromatic rings. The highest BCUT2D eigenvalue weighted by Gasteiger charge is 2.52. The first-order valence-corrected chi connectivity index (χ1v) is 15.9. The molecule has 7 heteroatoms. The lowest BCUT2D eigenvalue weighted by Gasteiger charge is -2.32. The van der Waals surface area contributed by atoms with Crippen molar-refractivity contribution in [3.63, 3.8) is 0 Å². The van der Waals surface area contributed by atoms with Crippen LogP contribution in [-0.4, -0.2) is 42.7 Å². The molecule has 0 radical (unpaired) electrons. The average Bonchev–Trinajstić information content (AvgIpc) is 3.38. The minimum absolute atomic E-state index is 0.0332. The van der Waals surface area contributed by atoms with Crippen LogP contribution < -0.4 is 5.32 Å². The largest absolute Gasteiger partial charge is 0.507 e. The van der Waals surface area contributed by atoms with Crippen LogP contribution in [0.2, 0.25) is 0 Å². The Balaban J connectivity index is 1.42. The van der Waals surface area contributed by atoms with Gasteiger partial charge >= 0.3 is 13.2 Å². The van der Waals surface area contributed by atoms with Crippen molar-refractivity contribution in [2.45, 2.75) is 97.2 Å². The number of phenols is 1. The molecule has 0 saturated carbocycles. The zero-order chi connectivity index (χ0) is 32.9. The van der Waals surface area contributed by atoms with E-state index in [1.54, 1.807) is 0 Å². The maximum atomic E-state index is 13.2.